The van der Waals surface area contributed by atoms with Crippen molar-refractivity contribution in [3.8, 4) is 0 Å². The van der Waals surface area contributed by atoms with Crippen LogP contribution in [-0.2, 0) is 11.3 Å². The van der Waals surface area contributed by atoms with Gasteiger partial charge in [0.2, 0.25) is 5.91 Å². The second-order valence-corrected chi connectivity index (χ2v) is 7.11. The van der Waals surface area contributed by atoms with Gasteiger partial charge in [0.15, 0.2) is 0 Å². The maximum absolute atomic E-state index is 12.6. The molecule has 2 aliphatic rings. The molecule has 1 spiro atoms. The first-order valence-corrected chi connectivity index (χ1v) is 8.50. The van der Waals surface area contributed by atoms with Crippen molar-refractivity contribution < 1.29 is 4.79 Å². The number of hydrogen-bond donors (Lipinski definition) is 1. The molecule has 0 aliphatic carbocycles. The van der Waals surface area contributed by atoms with Crippen molar-refractivity contribution in [3.05, 3.63) is 17.0 Å². The lowest BCUT2D eigenvalue weighted by Crippen LogP contribution is -2.47. The van der Waals surface area contributed by atoms with E-state index >= 15 is 0 Å². The topological polar surface area (TPSA) is 50.2 Å². The number of rotatable bonds is 3. The monoisotopic (exact) mass is 304 g/mol. The molecule has 1 N–H and O–H groups in total. The Morgan fingerprint density at radius 3 is 2.77 bits per heavy atom. The van der Waals surface area contributed by atoms with Crippen molar-refractivity contribution in [1.82, 2.24) is 20.0 Å². The Morgan fingerprint density at radius 2 is 2.14 bits per heavy atom. The highest BCUT2D eigenvalue weighted by Gasteiger charge is 2.39. The Balaban J connectivity index is 1.58. The Kier molecular flexibility index (Phi) is 4.26. The lowest BCUT2D eigenvalue weighted by molar-refractivity contribution is -0.134. The van der Waals surface area contributed by atoms with E-state index in [0.29, 0.717) is 18.4 Å². The lowest BCUT2D eigenvalue weighted by Gasteiger charge is -2.40. The lowest BCUT2D eigenvalue weighted by atomic mass is 9.79. The average Bonchev–Trinajstić information content (AvgIpc) is 3.05. The van der Waals surface area contributed by atoms with Crippen molar-refractivity contribution in [2.45, 2.75) is 53.0 Å². The predicted molar refractivity (Wildman–Crippen MR) is 86.8 cm³/mol. The number of amides is 1. The van der Waals surface area contributed by atoms with E-state index in [2.05, 4.69) is 29.2 Å². The third-order valence-corrected chi connectivity index (χ3v) is 5.63. The average molecular weight is 304 g/mol. The molecule has 0 radical (unpaired) electrons. The van der Waals surface area contributed by atoms with Crippen molar-refractivity contribution in [2.75, 3.05) is 26.2 Å². The molecule has 5 nitrogen and oxygen atoms in total. The van der Waals surface area contributed by atoms with Gasteiger partial charge in [-0.1, -0.05) is 0 Å². The van der Waals surface area contributed by atoms with Gasteiger partial charge in [-0.05, 0) is 52.1 Å². The summed E-state index contributed by atoms with van der Waals surface area (Å²) in [4.78, 5) is 14.7. The van der Waals surface area contributed by atoms with Crippen LogP contribution in [0, 0.1) is 26.2 Å². The molecule has 1 amide bonds. The first kappa shape index (κ1) is 15.5. The number of nitrogens with zero attached hydrogens (tertiary/aromatic N) is 3. The van der Waals surface area contributed by atoms with Gasteiger partial charge in [-0.2, -0.15) is 5.10 Å². The van der Waals surface area contributed by atoms with Crippen LogP contribution in [-0.4, -0.2) is 46.8 Å². The minimum absolute atomic E-state index is 0.288. The summed E-state index contributed by atoms with van der Waals surface area (Å²) in [5.74, 6) is 0.288. The van der Waals surface area contributed by atoms with E-state index in [1.54, 1.807) is 0 Å². The van der Waals surface area contributed by atoms with Gasteiger partial charge in [0, 0.05) is 43.7 Å². The molecule has 1 aromatic heterocycles. The van der Waals surface area contributed by atoms with Crippen LogP contribution in [0.25, 0.3) is 0 Å². The SMILES string of the molecule is Cc1nn(CCC(=O)N2CCC[C@]3(CCNC3)C2)c(C)c1C. The number of likely N-dealkylation sites (tertiary alicyclic amines) is 1. The summed E-state index contributed by atoms with van der Waals surface area (Å²) < 4.78 is 1.99. The number of aryl methyl sites for hydroxylation is 2. The van der Waals surface area contributed by atoms with E-state index < -0.39 is 0 Å². The summed E-state index contributed by atoms with van der Waals surface area (Å²) in [6.07, 6.45) is 4.19. The van der Waals surface area contributed by atoms with E-state index in [-0.39, 0.29) is 5.91 Å². The molecule has 3 heterocycles. The molecule has 2 fully saturated rings. The first-order valence-electron chi connectivity index (χ1n) is 8.50. The van der Waals surface area contributed by atoms with E-state index in [4.69, 9.17) is 0 Å². The summed E-state index contributed by atoms with van der Waals surface area (Å²) in [5, 5.41) is 8.00. The highest BCUT2D eigenvalue weighted by molar-refractivity contribution is 5.76. The highest BCUT2D eigenvalue weighted by Crippen LogP contribution is 2.35. The summed E-state index contributed by atoms with van der Waals surface area (Å²) >= 11 is 0. The van der Waals surface area contributed by atoms with Gasteiger partial charge < -0.3 is 10.2 Å². The molecule has 2 saturated heterocycles. The second kappa shape index (κ2) is 6.03. The second-order valence-electron chi connectivity index (χ2n) is 7.11. The Labute approximate surface area is 133 Å². The van der Waals surface area contributed by atoms with Crippen LogP contribution in [0.5, 0.6) is 0 Å². The zero-order valence-corrected chi connectivity index (χ0v) is 14.1. The van der Waals surface area contributed by atoms with Crippen LogP contribution in [0.2, 0.25) is 0 Å². The number of carbonyl (C=O) groups excluding carboxylic acids is 1. The van der Waals surface area contributed by atoms with Crippen LogP contribution in [0.3, 0.4) is 0 Å². The zero-order chi connectivity index (χ0) is 15.7. The van der Waals surface area contributed by atoms with Gasteiger partial charge in [-0.15, -0.1) is 0 Å². The van der Waals surface area contributed by atoms with Gasteiger partial charge in [-0.3, -0.25) is 9.48 Å². The van der Waals surface area contributed by atoms with Crippen molar-refractivity contribution >= 4 is 5.91 Å². The summed E-state index contributed by atoms with van der Waals surface area (Å²) in [6.45, 7) is 11.0. The van der Waals surface area contributed by atoms with E-state index in [1.807, 2.05) is 11.6 Å². The zero-order valence-electron chi connectivity index (χ0n) is 14.1. The molecule has 3 rings (SSSR count). The van der Waals surface area contributed by atoms with E-state index in [0.717, 1.165) is 38.3 Å². The van der Waals surface area contributed by atoms with Gasteiger partial charge in [0.25, 0.3) is 0 Å². The molecule has 0 saturated carbocycles. The minimum atomic E-state index is 0.288. The minimum Gasteiger partial charge on any atom is -0.342 e. The molecule has 1 aromatic rings. The molecule has 0 aromatic carbocycles. The molecule has 122 valence electrons. The largest absolute Gasteiger partial charge is 0.342 e. The quantitative estimate of drug-likeness (QED) is 0.926. The molecular formula is C17H28N4O. The Hall–Kier alpha value is -1.36. The van der Waals surface area contributed by atoms with Crippen LogP contribution in [0.15, 0.2) is 0 Å². The van der Waals surface area contributed by atoms with Gasteiger partial charge in [-0.25, -0.2) is 0 Å². The third kappa shape index (κ3) is 2.91. The molecule has 2 aliphatic heterocycles. The molecule has 0 unspecified atom stereocenters. The number of hydrogen-bond acceptors (Lipinski definition) is 3. The fraction of sp³-hybridized carbons (Fsp3) is 0.765. The Bertz CT molecular complexity index is 557. The van der Waals surface area contributed by atoms with Gasteiger partial charge >= 0.3 is 0 Å². The number of aromatic nitrogens is 2. The maximum Gasteiger partial charge on any atom is 0.224 e. The first-order chi connectivity index (χ1) is 10.5. The third-order valence-electron chi connectivity index (χ3n) is 5.63. The molecule has 1 atom stereocenters. The van der Waals surface area contributed by atoms with Crippen LogP contribution >= 0.6 is 0 Å². The van der Waals surface area contributed by atoms with E-state index in [1.165, 1.54) is 24.1 Å². The van der Waals surface area contributed by atoms with Crippen LogP contribution < -0.4 is 5.32 Å². The predicted octanol–water partition coefficient (Wildman–Crippen LogP) is 1.80. The van der Waals surface area contributed by atoms with Crippen molar-refractivity contribution in [2.24, 2.45) is 5.41 Å². The summed E-state index contributed by atoms with van der Waals surface area (Å²) in [5.41, 5.74) is 3.84. The van der Waals surface area contributed by atoms with Gasteiger partial charge in [0.1, 0.15) is 0 Å². The molecular weight excluding hydrogens is 276 g/mol. The molecule has 22 heavy (non-hydrogen) atoms. The van der Waals surface area contributed by atoms with Crippen LogP contribution in [0.4, 0.5) is 0 Å². The maximum atomic E-state index is 12.6. The van der Waals surface area contributed by atoms with Gasteiger partial charge in [0.05, 0.1) is 5.69 Å². The fourth-order valence-electron chi connectivity index (χ4n) is 3.93. The number of piperidine rings is 1. The van der Waals surface area contributed by atoms with Crippen molar-refractivity contribution in [3.63, 3.8) is 0 Å². The van der Waals surface area contributed by atoms with Crippen LogP contribution in [0.1, 0.15) is 42.6 Å². The summed E-state index contributed by atoms with van der Waals surface area (Å²) in [7, 11) is 0. The Morgan fingerprint density at radius 1 is 1.32 bits per heavy atom. The summed E-state index contributed by atoms with van der Waals surface area (Å²) in [6, 6.07) is 0. The van der Waals surface area contributed by atoms with E-state index in [9.17, 15) is 4.79 Å². The molecule has 5 heteroatoms. The number of carbonyl (C=O) groups is 1. The molecule has 0 bridgehead atoms. The normalized spacial score (nSPS) is 25.1. The standard InChI is InChI=1S/C17H28N4O/c1-13-14(2)19-21(15(13)3)10-5-16(22)20-9-4-6-17(12-20)7-8-18-11-17/h18H,4-12H2,1-3H3/t17-/m1/s1. The van der Waals surface area contributed by atoms with Crippen molar-refractivity contribution in [1.29, 1.82) is 0 Å². The number of nitrogens with one attached hydrogen (secondary N) is 1. The fourth-order valence-corrected chi connectivity index (χ4v) is 3.93. The smallest absolute Gasteiger partial charge is 0.224 e. The highest BCUT2D eigenvalue weighted by atomic mass is 16.2.